The van der Waals surface area contributed by atoms with Crippen molar-refractivity contribution in [3.05, 3.63) is 83.1 Å². The molecule has 2 aromatic carbocycles. The second-order valence-corrected chi connectivity index (χ2v) is 10.2. The minimum absolute atomic E-state index is 0.0129. The molecule has 0 fully saturated rings. The number of carbonyl (C=O) groups is 2. The molecule has 2 amide bonds. The van der Waals surface area contributed by atoms with Crippen LogP contribution in [0.5, 0.6) is 5.75 Å². The molecule has 3 aromatic rings. The molecule has 1 aliphatic rings. The molecule has 2 heterocycles. The third-order valence-corrected chi connectivity index (χ3v) is 6.96. The van der Waals surface area contributed by atoms with Crippen LogP contribution in [-0.2, 0) is 9.59 Å². The van der Waals surface area contributed by atoms with E-state index in [1.165, 1.54) is 4.90 Å². The molecule has 1 aliphatic heterocycles. The van der Waals surface area contributed by atoms with Crippen molar-refractivity contribution in [1.29, 1.82) is 5.26 Å². The first-order valence-corrected chi connectivity index (χ1v) is 13.3. The van der Waals surface area contributed by atoms with Gasteiger partial charge in [-0.25, -0.2) is 4.68 Å². The molecule has 0 radical (unpaired) electrons. The summed E-state index contributed by atoms with van der Waals surface area (Å²) in [6.45, 7) is 10.3. The van der Waals surface area contributed by atoms with Gasteiger partial charge in [0.15, 0.2) is 0 Å². The number of nitriles is 1. The maximum absolute atomic E-state index is 13.6. The zero-order chi connectivity index (χ0) is 28.1. The smallest absolute Gasteiger partial charge is 0.271 e. The van der Waals surface area contributed by atoms with Crippen LogP contribution >= 0.6 is 0 Å². The molecule has 0 N–H and O–H groups in total. The van der Waals surface area contributed by atoms with Gasteiger partial charge in [-0.3, -0.25) is 14.5 Å². The average Bonchev–Trinajstić information content (AvgIpc) is 3.36. The van der Waals surface area contributed by atoms with E-state index in [9.17, 15) is 14.9 Å². The number of carbonyl (C=O) groups excluding carboxylic acids is 2. The predicted octanol–water partition coefficient (Wildman–Crippen LogP) is 6.35. The highest BCUT2D eigenvalue weighted by Crippen LogP contribution is 2.32. The number of hydrogen-bond acceptors (Lipinski definition) is 5. The highest BCUT2D eigenvalue weighted by molar-refractivity contribution is 6.20. The van der Waals surface area contributed by atoms with E-state index in [2.05, 4.69) is 13.8 Å². The van der Waals surface area contributed by atoms with Gasteiger partial charge in [0.2, 0.25) is 0 Å². The van der Waals surface area contributed by atoms with E-state index < -0.39 is 11.8 Å². The van der Waals surface area contributed by atoms with Crippen LogP contribution in [-0.4, -0.2) is 39.1 Å². The minimum atomic E-state index is -0.542. The summed E-state index contributed by atoms with van der Waals surface area (Å²) in [6, 6.07) is 19.1. The summed E-state index contributed by atoms with van der Waals surface area (Å²) in [6.07, 6.45) is 5.17. The van der Waals surface area contributed by atoms with Crippen LogP contribution in [0.1, 0.15) is 53.0 Å². The van der Waals surface area contributed by atoms with Gasteiger partial charge in [0.05, 0.1) is 18.0 Å². The van der Waals surface area contributed by atoms with Gasteiger partial charge in [-0.1, -0.05) is 39.0 Å². The lowest BCUT2D eigenvalue weighted by molar-refractivity contribution is -0.142. The van der Waals surface area contributed by atoms with Gasteiger partial charge in [0, 0.05) is 28.9 Å². The molecule has 7 nitrogen and oxygen atoms in total. The lowest BCUT2D eigenvalue weighted by Gasteiger charge is -2.31. The van der Waals surface area contributed by atoms with Crippen molar-refractivity contribution in [1.82, 2.24) is 14.7 Å². The number of ether oxygens (including phenoxy) is 1. The van der Waals surface area contributed by atoms with E-state index in [0.29, 0.717) is 41.3 Å². The highest BCUT2D eigenvalue weighted by Gasteiger charge is 2.37. The van der Waals surface area contributed by atoms with Crippen molar-refractivity contribution in [2.24, 2.45) is 5.92 Å². The number of rotatable bonds is 9. The van der Waals surface area contributed by atoms with E-state index in [-0.39, 0.29) is 11.6 Å². The molecule has 0 spiro atoms. The summed E-state index contributed by atoms with van der Waals surface area (Å²) in [5, 5.41) is 14.6. The molecule has 4 rings (SSSR count). The number of aromatic nitrogens is 2. The monoisotopic (exact) mass is 522 g/mol. The summed E-state index contributed by atoms with van der Waals surface area (Å²) >= 11 is 0. The summed E-state index contributed by atoms with van der Waals surface area (Å²) in [5.41, 5.74) is 3.77. The van der Waals surface area contributed by atoms with Crippen molar-refractivity contribution < 1.29 is 14.3 Å². The Balaban J connectivity index is 1.81. The first-order chi connectivity index (χ1) is 18.7. The fraction of sp³-hybridized carbons (Fsp3) is 0.312. The fourth-order valence-electron chi connectivity index (χ4n) is 4.39. The Morgan fingerprint density at radius 1 is 1.03 bits per heavy atom. The van der Waals surface area contributed by atoms with E-state index in [0.717, 1.165) is 23.4 Å². The number of imide groups is 1. The van der Waals surface area contributed by atoms with E-state index >= 15 is 0 Å². The third-order valence-electron chi connectivity index (χ3n) is 6.96. The highest BCUT2D eigenvalue weighted by atomic mass is 16.5. The molecule has 0 aliphatic carbocycles. The standard InChI is InChI=1S/C32H34N4O3/c1-6-22(4)36-31(37)28(23(5)29(19-33)32(36)38)18-25-20-35(26-10-8-7-9-11-26)34-30(25)24-12-14-27(15-13-24)39-17-16-21(2)3/h7-15,18,20-22H,6,16-17H2,1-5H3/b28-18+. The molecule has 7 heteroatoms. The molecule has 0 saturated carbocycles. The molecular formula is C32H34N4O3. The van der Waals surface area contributed by atoms with Crippen LogP contribution in [0, 0.1) is 17.2 Å². The first-order valence-electron chi connectivity index (χ1n) is 13.3. The van der Waals surface area contributed by atoms with E-state index in [1.807, 2.05) is 80.7 Å². The Kier molecular flexibility index (Phi) is 8.46. The lowest BCUT2D eigenvalue weighted by Crippen LogP contribution is -2.47. The van der Waals surface area contributed by atoms with Crippen LogP contribution in [0.4, 0.5) is 0 Å². The van der Waals surface area contributed by atoms with Crippen LogP contribution in [0.3, 0.4) is 0 Å². The maximum Gasteiger partial charge on any atom is 0.271 e. The van der Waals surface area contributed by atoms with Crippen LogP contribution < -0.4 is 4.74 Å². The Morgan fingerprint density at radius 2 is 1.72 bits per heavy atom. The van der Waals surface area contributed by atoms with Crippen molar-refractivity contribution in [2.45, 2.75) is 53.5 Å². The molecule has 0 saturated heterocycles. The number of amides is 2. The van der Waals surface area contributed by atoms with Gasteiger partial charge in [-0.05, 0) is 80.7 Å². The van der Waals surface area contributed by atoms with Crippen LogP contribution in [0.15, 0.2) is 77.5 Å². The van der Waals surface area contributed by atoms with Gasteiger partial charge < -0.3 is 4.74 Å². The number of benzene rings is 2. The first kappa shape index (κ1) is 27.6. The summed E-state index contributed by atoms with van der Waals surface area (Å²) in [5.74, 6) is 0.400. The summed E-state index contributed by atoms with van der Waals surface area (Å²) in [7, 11) is 0. The van der Waals surface area contributed by atoms with Gasteiger partial charge in [0.1, 0.15) is 17.4 Å². The minimum Gasteiger partial charge on any atom is -0.494 e. The quantitative estimate of drug-likeness (QED) is 0.241. The van der Waals surface area contributed by atoms with Gasteiger partial charge >= 0.3 is 0 Å². The topological polar surface area (TPSA) is 88.2 Å². The van der Waals surface area contributed by atoms with Crippen molar-refractivity contribution in [3.63, 3.8) is 0 Å². The van der Waals surface area contributed by atoms with Gasteiger partial charge in [0.25, 0.3) is 11.8 Å². The zero-order valence-corrected chi connectivity index (χ0v) is 23.1. The van der Waals surface area contributed by atoms with Gasteiger partial charge in [-0.15, -0.1) is 0 Å². The molecule has 1 unspecified atom stereocenters. The van der Waals surface area contributed by atoms with Crippen molar-refractivity contribution >= 4 is 17.9 Å². The molecular weight excluding hydrogens is 488 g/mol. The zero-order valence-electron chi connectivity index (χ0n) is 23.1. The van der Waals surface area contributed by atoms with Crippen LogP contribution in [0.2, 0.25) is 0 Å². The number of para-hydroxylation sites is 1. The van der Waals surface area contributed by atoms with Crippen LogP contribution in [0.25, 0.3) is 23.0 Å². The Labute approximate surface area is 230 Å². The Hall–Kier alpha value is -4.44. The lowest BCUT2D eigenvalue weighted by atomic mass is 9.92. The maximum atomic E-state index is 13.6. The van der Waals surface area contributed by atoms with E-state index in [1.54, 1.807) is 17.7 Å². The molecule has 39 heavy (non-hydrogen) atoms. The molecule has 1 atom stereocenters. The predicted molar refractivity (Wildman–Crippen MR) is 152 cm³/mol. The Bertz CT molecular complexity index is 1460. The second kappa shape index (κ2) is 12.0. The van der Waals surface area contributed by atoms with E-state index in [4.69, 9.17) is 9.84 Å². The largest absolute Gasteiger partial charge is 0.494 e. The van der Waals surface area contributed by atoms with Crippen molar-refractivity contribution in [3.8, 4) is 28.8 Å². The average molecular weight is 523 g/mol. The third kappa shape index (κ3) is 5.85. The number of nitrogens with zero attached hydrogens (tertiary/aromatic N) is 4. The molecule has 1 aromatic heterocycles. The van der Waals surface area contributed by atoms with Gasteiger partial charge in [-0.2, -0.15) is 10.4 Å². The number of hydrogen-bond donors (Lipinski definition) is 0. The molecule has 200 valence electrons. The summed E-state index contributed by atoms with van der Waals surface area (Å²) < 4.78 is 7.65. The fourth-order valence-corrected chi connectivity index (χ4v) is 4.39. The summed E-state index contributed by atoms with van der Waals surface area (Å²) in [4.78, 5) is 27.7. The Morgan fingerprint density at radius 3 is 2.33 bits per heavy atom. The SMILES string of the molecule is CCC(C)N1C(=O)C(C#N)=C(C)/C(=C\c2cn(-c3ccccc3)nc2-c2ccc(OCCC(C)C)cc2)C1=O. The normalized spacial score (nSPS) is 15.7. The van der Waals surface area contributed by atoms with Crippen molar-refractivity contribution in [2.75, 3.05) is 6.61 Å². The second-order valence-electron chi connectivity index (χ2n) is 10.2. The molecule has 0 bridgehead atoms.